The number of piperidine rings is 1. The fraction of sp³-hybridized carbons (Fsp3) is 0.296. The molecule has 1 aromatic carbocycles. The maximum atomic E-state index is 11.8. The van der Waals surface area contributed by atoms with Crippen molar-refractivity contribution in [2.75, 3.05) is 24.7 Å². The lowest BCUT2D eigenvalue weighted by Crippen LogP contribution is -2.37. The van der Waals surface area contributed by atoms with Gasteiger partial charge in [0.15, 0.2) is 0 Å². The van der Waals surface area contributed by atoms with Crippen molar-refractivity contribution in [1.29, 1.82) is 0 Å². The Morgan fingerprint density at radius 2 is 1.89 bits per heavy atom. The van der Waals surface area contributed by atoms with Crippen molar-refractivity contribution in [3.63, 3.8) is 0 Å². The molecule has 3 aromatic rings. The van der Waals surface area contributed by atoms with E-state index in [0.29, 0.717) is 24.8 Å². The summed E-state index contributed by atoms with van der Waals surface area (Å²) in [7, 11) is -3.14. The van der Waals surface area contributed by atoms with Crippen molar-refractivity contribution in [3.8, 4) is 11.3 Å². The van der Waals surface area contributed by atoms with Crippen molar-refractivity contribution < 1.29 is 13.2 Å². The molecule has 36 heavy (non-hydrogen) atoms. The van der Waals surface area contributed by atoms with E-state index in [1.807, 2.05) is 37.3 Å². The number of nitrogens with one attached hydrogen (secondary N) is 2. The Morgan fingerprint density at radius 3 is 2.56 bits per heavy atom. The fourth-order valence-corrected chi connectivity index (χ4v) is 5.81. The number of aryl methyl sites for hydroxylation is 1. The highest BCUT2D eigenvalue weighted by atomic mass is 32.2. The molecule has 2 aliphatic rings. The van der Waals surface area contributed by atoms with Crippen LogP contribution in [0.3, 0.4) is 0 Å². The van der Waals surface area contributed by atoms with Crippen LogP contribution in [-0.4, -0.2) is 48.3 Å². The molecule has 0 saturated carbocycles. The zero-order chi connectivity index (χ0) is 25.3. The summed E-state index contributed by atoms with van der Waals surface area (Å²) < 4.78 is 25.2. The Labute approximate surface area is 211 Å². The summed E-state index contributed by atoms with van der Waals surface area (Å²) >= 11 is 0. The first-order valence-corrected chi connectivity index (χ1v) is 13.8. The van der Waals surface area contributed by atoms with Crippen molar-refractivity contribution in [3.05, 3.63) is 77.2 Å². The summed E-state index contributed by atoms with van der Waals surface area (Å²) in [5.41, 5.74) is 6.58. The molecule has 1 fully saturated rings. The van der Waals surface area contributed by atoms with Crippen LogP contribution in [0, 0.1) is 6.92 Å². The molecule has 2 aliphatic heterocycles. The van der Waals surface area contributed by atoms with Crippen LogP contribution in [0.1, 0.15) is 47.1 Å². The van der Waals surface area contributed by atoms with Gasteiger partial charge in [-0.1, -0.05) is 12.1 Å². The first kappa shape index (κ1) is 24.1. The van der Waals surface area contributed by atoms with Crippen molar-refractivity contribution in [2.45, 2.75) is 31.7 Å². The lowest BCUT2D eigenvalue weighted by atomic mass is 9.90. The monoisotopic (exact) mass is 503 g/mol. The Bertz CT molecular complexity index is 1410. The van der Waals surface area contributed by atoms with Crippen LogP contribution in [0.15, 0.2) is 55.0 Å². The van der Waals surface area contributed by atoms with Crippen LogP contribution in [0.5, 0.6) is 0 Å². The number of sulfonamides is 1. The van der Waals surface area contributed by atoms with Crippen LogP contribution in [-0.2, 0) is 14.8 Å². The van der Waals surface area contributed by atoms with Crippen molar-refractivity contribution in [1.82, 2.24) is 19.6 Å². The van der Waals surface area contributed by atoms with E-state index in [1.165, 1.54) is 11.8 Å². The molecule has 9 heteroatoms. The van der Waals surface area contributed by atoms with Gasteiger partial charge in [-0.3, -0.25) is 4.98 Å². The molecule has 0 bridgehead atoms. The summed E-state index contributed by atoms with van der Waals surface area (Å²) in [5, 5.41) is 6.53. The highest BCUT2D eigenvalue weighted by molar-refractivity contribution is 7.88. The van der Waals surface area contributed by atoms with Crippen LogP contribution >= 0.6 is 0 Å². The zero-order valence-electron chi connectivity index (χ0n) is 20.3. The number of anilines is 2. The third-order valence-electron chi connectivity index (χ3n) is 6.96. The summed E-state index contributed by atoms with van der Waals surface area (Å²) in [6.45, 7) is 3.12. The number of fused-ring (bicyclic) bond motifs is 1. The van der Waals surface area contributed by atoms with Gasteiger partial charge in [-0.15, -0.1) is 0 Å². The van der Waals surface area contributed by atoms with Gasteiger partial charge in [0.05, 0.1) is 11.9 Å². The Hall–Kier alpha value is -3.56. The minimum absolute atomic E-state index is 0.327. The number of carbonyl (C=O) groups is 1. The number of pyridine rings is 2. The second-order valence-corrected chi connectivity index (χ2v) is 11.3. The van der Waals surface area contributed by atoms with Crippen LogP contribution in [0.4, 0.5) is 11.5 Å². The Kier molecular flexibility index (Phi) is 6.59. The lowest BCUT2D eigenvalue weighted by molar-refractivity contribution is -0.109. The van der Waals surface area contributed by atoms with Crippen LogP contribution in [0.25, 0.3) is 17.3 Å². The van der Waals surface area contributed by atoms with Gasteiger partial charge < -0.3 is 15.4 Å². The molecule has 0 spiro atoms. The molecule has 1 unspecified atom stereocenters. The number of hydrogen-bond donors (Lipinski definition) is 2. The van der Waals surface area contributed by atoms with E-state index in [2.05, 4.69) is 27.8 Å². The molecule has 5 rings (SSSR count). The van der Waals surface area contributed by atoms with Gasteiger partial charge >= 0.3 is 0 Å². The molecule has 2 aromatic heterocycles. The van der Waals surface area contributed by atoms with Gasteiger partial charge in [0.1, 0.15) is 18.1 Å². The van der Waals surface area contributed by atoms with Crippen molar-refractivity contribution >= 4 is 33.9 Å². The number of benzene rings is 1. The molecule has 0 amide bonds. The molecule has 2 N–H and O–H groups in total. The van der Waals surface area contributed by atoms with Gasteiger partial charge in [0, 0.05) is 42.3 Å². The summed E-state index contributed by atoms with van der Waals surface area (Å²) in [4.78, 5) is 21.0. The van der Waals surface area contributed by atoms with E-state index >= 15 is 0 Å². The molecular weight excluding hydrogens is 474 g/mol. The summed E-state index contributed by atoms with van der Waals surface area (Å²) in [6.07, 6.45) is 11.1. The quantitative estimate of drug-likeness (QED) is 0.487. The fourth-order valence-electron chi connectivity index (χ4n) is 4.93. The molecule has 0 radical (unpaired) electrons. The average molecular weight is 504 g/mol. The maximum Gasteiger partial charge on any atom is 0.211 e. The molecule has 0 aliphatic carbocycles. The van der Waals surface area contributed by atoms with E-state index in [-0.39, 0.29) is 0 Å². The predicted octanol–water partition coefficient (Wildman–Crippen LogP) is 4.15. The standard InChI is InChI=1S/C27H29N5O3S/c1-18-7-11-28-16-23(18)24-15-21-8-12-29-25(17-33)26(21)27(31-24)30-22-5-3-19(4-6-22)20-9-13-32(14-10-20)36(2,34)35/h3-8,11-12,15-17,20,25,29H,9-10,13-14H2,1-2H3,(H,30,31). The average Bonchev–Trinajstić information content (AvgIpc) is 2.88. The molecule has 186 valence electrons. The number of rotatable bonds is 6. The highest BCUT2D eigenvalue weighted by Gasteiger charge is 2.26. The number of carbonyl (C=O) groups excluding carboxylic acids is 1. The van der Waals surface area contributed by atoms with E-state index < -0.39 is 16.1 Å². The number of aromatic nitrogens is 2. The summed E-state index contributed by atoms with van der Waals surface area (Å²) in [6, 6.07) is 11.6. The molecule has 4 heterocycles. The van der Waals surface area contributed by atoms with Gasteiger partial charge in [0.2, 0.25) is 10.0 Å². The van der Waals surface area contributed by atoms with E-state index in [9.17, 15) is 13.2 Å². The zero-order valence-corrected chi connectivity index (χ0v) is 21.1. The smallest absolute Gasteiger partial charge is 0.211 e. The number of hydrogen-bond acceptors (Lipinski definition) is 7. The topological polar surface area (TPSA) is 104 Å². The minimum Gasteiger partial charge on any atom is -0.378 e. The Morgan fingerprint density at radius 1 is 1.14 bits per heavy atom. The Balaban J connectivity index is 1.43. The molecular formula is C27H29N5O3S. The highest BCUT2D eigenvalue weighted by Crippen LogP contribution is 2.35. The first-order chi connectivity index (χ1) is 17.3. The van der Waals surface area contributed by atoms with Gasteiger partial charge in [-0.25, -0.2) is 17.7 Å². The maximum absolute atomic E-state index is 11.8. The number of aldehydes is 1. The molecule has 1 atom stereocenters. The number of nitrogens with zero attached hydrogens (tertiary/aromatic N) is 3. The van der Waals surface area contributed by atoms with E-state index in [0.717, 1.165) is 52.8 Å². The summed E-state index contributed by atoms with van der Waals surface area (Å²) in [5.74, 6) is 0.947. The first-order valence-electron chi connectivity index (χ1n) is 12.0. The molecule has 8 nitrogen and oxygen atoms in total. The SMILES string of the molecule is Cc1ccncc1-c1cc2c(c(Nc3ccc(C4CCN(S(C)(=O)=O)CC4)cc3)n1)C(C=O)NC=C2. The van der Waals surface area contributed by atoms with Crippen LogP contribution in [0.2, 0.25) is 0 Å². The second kappa shape index (κ2) is 9.83. The van der Waals surface area contributed by atoms with Gasteiger partial charge in [-0.2, -0.15) is 0 Å². The van der Waals surface area contributed by atoms with Crippen LogP contribution < -0.4 is 10.6 Å². The third-order valence-corrected chi connectivity index (χ3v) is 8.26. The largest absolute Gasteiger partial charge is 0.378 e. The third kappa shape index (κ3) is 4.89. The second-order valence-electron chi connectivity index (χ2n) is 9.35. The van der Waals surface area contributed by atoms with E-state index in [1.54, 1.807) is 22.9 Å². The predicted molar refractivity (Wildman–Crippen MR) is 141 cm³/mol. The van der Waals surface area contributed by atoms with Gasteiger partial charge in [0.25, 0.3) is 0 Å². The van der Waals surface area contributed by atoms with Gasteiger partial charge in [-0.05, 0) is 78.9 Å². The molecule has 1 saturated heterocycles. The van der Waals surface area contributed by atoms with E-state index in [4.69, 9.17) is 4.98 Å². The van der Waals surface area contributed by atoms with Crippen molar-refractivity contribution in [2.24, 2.45) is 0 Å². The lowest BCUT2D eigenvalue weighted by Gasteiger charge is -2.30. The normalized spacial score (nSPS) is 18.3. The minimum atomic E-state index is -3.14.